The molecule has 0 aliphatic rings. The number of hydrogen-bond acceptors (Lipinski definition) is 3. The number of hydroxylamine groups is 2. The van der Waals surface area contributed by atoms with Gasteiger partial charge < -0.3 is 4.74 Å². The van der Waals surface area contributed by atoms with Gasteiger partial charge in [-0.2, -0.15) is 0 Å². The molecule has 0 saturated heterocycles. The number of methoxy groups -OCH3 is 1. The smallest absolute Gasteiger partial charge is 0.269 e. The predicted octanol–water partition coefficient (Wildman–Crippen LogP) is 2.67. The van der Waals surface area contributed by atoms with Gasteiger partial charge in [0.1, 0.15) is 5.75 Å². The molecule has 0 radical (unpaired) electrons. The second-order valence-electron chi connectivity index (χ2n) is 3.65. The van der Waals surface area contributed by atoms with Crippen LogP contribution < -0.4 is 4.74 Å². The van der Waals surface area contributed by atoms with Crippen LogP contribution in [0.25, 0.3) is 6.08 Å². The van der Waals surface area contributed by atoms with Crippen LogP contribution in [0.15, 0.2) is 24.3 Å². The van der Waals surface area contributed by atoms with Crippen molar-refractivity contribution in [1.29, 1.82) is 0 Å². The first-order chi connectivity index (χ1) is 8.99. The number of nitrogens with zero attached hydrogens (tertiary/aromatic N) is 1. The van der Waals surface area contributed by atoms with Crippen molar-refractivity contribution >= 4 is 12.0 Å². The first kappa shape index (κ1) is 15.1. The number of halogens is 2. The number of benzene rings is 1. The Morgan fingerprint density at radius 2 is 2.05 bits per heavy atom. The molecule has 0 fully saturated rings. The van der Waals surface area contributed by atoms with Gasteiger partial charge in [-0.25, -0.2) is 13.8 Å². The second-order valence-corrected chi connectivity index (χ2v) is 3.65. The van der Waals surface area contributed by atoms with Crippen molar-refractivity contribution in [3.05, 3.63) is 35.4 Å². The Hall–Kier alpha value is -1.95. The SMILES string of the molecule is COc1ccc(C=CC(=O)N(C)OC)cc1C(F)F. The monoisotopic (exact) mass is 271 g/mol. The number of carbonyl (C=O) groups excluding carboxylic acids is 1. The van der Waals surface area contributed by atoms with E-state index in [0.717, 1.165) is 5.06 Å². The lowest BCUT2D eigenvalue weighted by Gasteiger charge is -2.10. The van der Waals surface area contributed by atoms with Crippen molar-refractivity contribution < 1.29 is 23.1 Å². The summed E-state index contributed by atoms with van der Waals surface area (Å²) in [5.41, 5.74) is 0.270. The molecule has 0 atom stereocenters. The summed E-state index contributed by atoms with van der Waals surface area (Å²) in [6, 6.07) is 4.30. The fourth-order valence-corrected chi connectivity index (χ4v) is 1.39. The Kier molecular flexibility index (Phi) is 5.44. The lowest BCUT2D eigenvalue weighted by atomic mass is 10.1. The van der Waals surface area contributed by atoms with Gasteiger partial charge >= 0.3 is 0 Å². The maximum atomic E-state index is 12.8. The zero-order valence-electron chi connectivity index (χ0n) is 10.9. The van der Waals surface area contributed by atoms with Crippen molar-refractivity contribution in [2.45, 2.75) is 6.43 Å². The van der Waals surface area contributed by atoms with Crippen LogP contribution in [0.2, 0.25) is 0 Å². The highest BCUT2D eigenvalue weighted by atomic mass is 19.3. The van der Waals surface area contributed by atoms with Gasteiger partial charge in [-0.1, -0.05) is 6.07 Å². The molecule has 1 rings (SSSR count). The molecule has 0 aliphatic carbocycles. The van der Waals surface area contributed by atoms with E-state index in [2.05, 4.69) is 0 Å². The lowest BCUT2D eigenvalue weighted by Crippen LogP contribution is -2.22. The Bertz CT molecular complexity index is 475. The van der Waals surface area contributed by atoms with E-state index in [4.69, 9.17) is 9.57 Å². The molecule has 4 nitrogen and oxygen atoms in total. The van der Waals surface area contributed by atoms with Crippen LogP contribution in [-0.2, 0) is 9.63 Å². The number of alkyl halides is 2. The van der Waals surface area contributed by atoms with Crippen LogP contribution >= 0.6 is 0 Å². The summed E-state index contributed by atoms with van der Waals surface area (Å²) < 4.78 is 30.4. The quantitative estimate of drug-likeness (QED) is 0.610. The molecule has 0 unspecified atom stereocenters. The van der Waals surface area contributed by atoms with E-state index in [1.165, 1.54) is 45.6 Å². The Balaban J connectivity index is 2.94. The van der Waals surface area contributed by atoms with Crippen LogP contribution in [0, 0.1) is 0 Å². The molecule has 0 saturated carbocycles. The van der Waals surface area contributed by atoms with Crippen molar-refractivity contribution in [2.24, 2.45) is 0 Å². The summed E-state index contributed by atoms with van der Waals surface area (Å²) >= 11 is 0. The van der Waals surface area contributed by atoms with Gasteiger partial charge in [0, 0.05) is 13.1 Å². The van der Waals surface area contributed by atoms with Crippen LogP contribution in [0.3, 0.4) is 0 Å². The molecule has 0 heterocycles. The van der Waals surface area contributed by atoms with Gasteiger partial charge in [0.05, 0.1) is 19.8 Å². The van der Waals surface area contributed by atoms with Gasteiger partial charge in [-0.15, -0.1) is 0 Å². The van der Waals surface area contributed by atoms with Crippen LogP contribution in [0.1, 0.15) is 17.6 Å². The van der Waals surface area contributed by atoms with E-state index in [-0.39, 0.29) is 11.3 Å². The molecule has 0 bridgehead atoms. The Labute approximate surface area is 110 Å². The van der Waals surface area contributed by atoms with E-state index in [1.54, 1.807) is 6.07 Å². The highest BCUT2D eigenvalue weighted by molar-refractivity contribution is 5.90. The summed E-state index contributed by atoms with van der Waals surface area (Å²) in [5, 5.41) is 1.02. The molecule has 1 aromatic carbocycles. The van der Waals surface area contributed by atoms with Crippen LogP contribution in [0.5, 0.6) is 5.75 Å². The molecular formula is C13H15F2NO3. The van der Waals surface area contributed by atoms with Gasteiger partial charge in [0.25, 0.3) is 12.3 Å². The lowest BCUT2D eigenvalue weighted by molar-refractivity contribution is -0.162. The summed E-state index contributed by atoms with van der Waals surface area (Å²) in [4.78, 5) is 16.1. The first-order valence-corrected chi connectivity index (χ1v) is 5.45. The van der Waals surface area contributed by atoms with Crippen molar-refractivity contribution in [3.8, 4) is 5.75 Å². The molecule has 1 amide bonds. The summed E-state index contributed by atoms with van der Waals surface area (Å²) in [6.45, 7) is 0. The molecular weight excluding hydrogens is 256 g/mol. The molecule has 0 spiro atoms. The van der Waals surface area contributed by atoms with E-state index >= 15 is 0 Å². The standard InChI is InChI=1S/C13H15F2NO3/c1-16(19-3)12(17)7-5-9-4-6-11(18-2)10(8-9)13(14)15/h4-8,13H,1-3H3. The van der Waals surface area contributed by atoms with Crippen molar-refractivity contribution in [2.75, 3.05) is 21.3 Å². The summed E-state index contributed by atoms with van der Waals surface area (Å²) in [7, 11) is 4.13. The number of likely N-dealkylation sites (N-methyl/N-ethyl adjacent to an activating group) is 1. The first-order valence-electron chi connectivity index (χ1n) is 5.45. The van der Waals surface area contributed by atoms with Gasteiger partial charge in [0.15, 0.2) is 0 Å². The summed E-state index contributed by atoms with van der Waals surface area (Å²) in [5.74, 6) is -0.274. The number of amides is 1. The number of rotatable bonds is 5. The fourth-order valence-electron chi connectivity index (χ4n) is 1.39. The van der Waals surface area contributed by atoms with E-state index < -0.39 is 12.3 Å². The van der Waals surface area contributed by atoms with E-state index in [1.807, 2.05) is 0 Å². The Morgan fingerprint density at radius 3 is 2.58 bits per heavy atom. The molecule has 6 heteroatoms. The highest BCUT2D eigenvalue weighted by Gasteiger charge is 2.13. The predicted molar refractivity (Wildman–Crippen MR) is 66.8 cm³/mol. The fraction of sp³-hybridized carbons (Fsp3) is 0.308. The zero-order valence-corrected chi connectivity index (χ0v) is 10.9. The van der Waals surface area contributed by atoms with Gasteiger partial charge in [-0.05, 0) is 23.8 Å². The summed E-state index contributed by atoms with van der Waals surface area (Å²) in [6.07, 6.45) is 0.0321. The normalized spacial score (nSPS) is 11.1. The Morgan fingerprint density at radius 1 is 1.37 bits per heavy atom. The third-order valence-electron chi connectivity index (χ3n) is 2.49. The molecule has 0 aliphatic heterocycles. The average molecular weight is 271 g/mol. The molecule has 19 heavy (non-hydrogen) atoms. The number of carbonyl (C=O) groups is 1. The largest absolute Gasteiger partial charge is 0.496 e. The van der Waals surface area contributed by atoms with Crippen LogP contribution in [0.4, 0.5) is 8.78 Å². The van der Waals surface area contributed by atoms with Gasteiger partial charge in [0.2, 0.25) is 0 Å². The minimum atomic E-state index is -2.64. The van der Waals surface area contributed by atoms with E-state index in [9.17, 15) is 13.6 Å². The molecule has 0 aromatic heterocycles. The van der Waals surface area contributed by atoms with Gasteiger partial charge in [-0.3, -0.25) is 9.63 Å². The number of hydrogen-bond donors (Lipinski definition) is 0. The topological polar surface area (TPSA) is 38.8 Å². The molecule has 104 valence electrons. The minimum Gasteiger partial charge on any atom is -0.496 e. The second kappa shape index (κ2) is 6.84. The average Bonchev–Trinajstić information content (AvgIpc) is 2.43. The third-order valence-corrected chi connectivity index (χ3v) is 2.49. The third kappa shape index (κ3) is 4.03. The number of ether oxygens (including phenoxy) is 1. The van der Waals surface area contributed by atoms with Crippen molar-refractivity contribution in [3.63, 3.8) is 0 Å². The maximum absolute atomic E-state index is 12.8. The highest BCUT2D eigenvalue weighted by Crippen LogP contribution is 2.30. The molecule has 0 N–H and O–H groups in total. The zero-order chi connectivity index (χ0) is 14.4. The molecule has 1 aromatic rings. The van der Waals surface area contributed by atoms with Crippen molar-refractivity contribution in [1.82, 2.24) is 5.06 Å². The van der Waals surface area contributed by atoms with Crippen LogP contribution in [-0.4, -0.2) is 32.2 Å². The van der Waals surface area contributed by atoms with E-state index in [0.29, 0.717) is 5.56 Å². The minimum absolute atomic E-state index is 0.118. The maximum Gasteiger partial charge on any atom is 0.269 e.